The maximum atomic E-state index is 6.32. The van der Waals surface area contributed by atoms with Crippen LogP contribution in [0.3, 0.4) is 0 Å². The third-order valence-electron chi connectivity index (χ3n) is 10.9. The van der Waals surface area contributed by atoms with Crippen LogP contribution in [0.25, 0.3) is 72.0 Å². The first-order chi connectivity index (χ1) is 24.8. The molecule has 3 heterocycles. The average molecular weight is 644 g/mol. The van der Waals surface area contributed by atoms with Crippen molar-refractivity contribution < 1.29 is 4.42 Å². The molecule has 2 unspecified atom stereocenters. The number of nitrogens with zero attached hydrogens (tertiary/aromatic N) is 1. The number of rotatable bonds is 3. The first-order valence-electron chi connectivity index (χ1n) is 17.6. The molecule has 238 valence electrons. The summed E-state index contributed by atoms with van der Waals surface area (Å²) in [4.78, 5) is 0. The monoisotopic (exact) mass is 643 g/mol. The Kier molecular flexibility index (Phi) is 5.95. The number of nitrogens with one attached hydrogen (secondary N) is 2. The highest BCUT2D eigenvalue weighted by Gasteiger charge is 2.29. The van der Waals surface area contributed by atoms with E-state index in [1.165, 1.54) is 54.8 Å². The lowest BCUT2D eigenvalue weighted by Crippen LogP contribution is -2.45. The van der Waals surface area contributed by atoms with Crippen LogP contribution in [0.1, 0.15) is 34.8 Å². The molecular formula is C46H33N3O. The van der Waals surface area contributed by atoms with Crippen molar-refractivity contribution in [3.63, 3.8) is 0 Å². The molecule has 11 rings (SSSR count). The van der Waals surface area contributed by atoms with Gasteiger partial charge in [0.25, 0.3) is 0 Å². The maximum Gasteiger partial charge on any atom is 0.136 e. The molecular weight excluding hydrogens is 611 g/mol. The van der Waals surface area contributed by atoms with Crippen molar-refractivity contribution in [2.75, 3.05) is 0 Å². The number of fused-ring (bicyclic) bond motifs is 11. The zero-order chi connectivity index (χ0) is 32.8. The van der Waals surface area contributed by atoms with Gasteiger partial charge in [-0.2, -0.15) is 0 Å². The average Bonchev–Trinajstić information content (AvgIpc) is 3.73. The van der Waals surface area contributed by atoms with Gasteiger partial charge >= 0.3 is 0 Å². The van der Waals surface area contributed by atoms with Crippen LogP contribution in [-0.2, 0) is 6.42 Å². The summed E-state index contributed by atoms with van der Waals surface area (Å²) in [5.74, 6) is 0. The van der Waals surface area contributed by atoms with E-state index in [-0.39, 0.29) is 12.2 Å². The first kappa shape index (κ1) is 27.8. The largest absolute Gasteiger partial charge is 0.456 e. The van der Waals surface area contributed by atoms with Crippen LogP contribution in [0, 0.1) is 0 Å². The third-order valence-corrected chi connectivity index (χ3v) is 10.9. The minimum atomic E-state index is -0.106. The van der Waals surface area contributed by atoms with Crippen LogP contribution in [0.15, 0.2) is 156 Å². The Morgan fingerprint density at radius 1 is 0.680 bits per heavy atom. The predicted molar refractivity (Wildman–Crippen MR) is 207 cm³/mol. The standard InChI is InChI=1S/C46H33N3O/c1-3-14-33-28(10-1)21-24-39-43(33)44-34-15-4-2-11-29(34)22-25-40(44)49(39)32-13-9-12-31(26-32)46-47-38-18-7-5-17-37(38)45(48-46)30-20-23-36-35-16-6-8-19-41(35)50-42(36)27-30/h1,3-10,12-27,38,46-48H,2,11H2. The number of aryl methyl sites for hydroxylation is 1. The smallest absolute Gasteiger partial charge is 0.136 e. The molecule has 0 spiro atoms. The van der Waals surface area contributed by atoms with Gasteiger partial charge in [-0.15, -0.1) is 0 Å². The van der Waals surface area contributed by atoms with Crippen molar-refractivity contribution in [3.8, 4) is 5.69 Å². The molecule has 50 heavy (non-hydrogen) atoms. The van der Waals surface area contributed by atoms with Gasteiger partial charge < -0.3 is 14.3 Å². The normalized spacial score (nSPS) is 18.4. The van der Waals surface area contributed by atoms with Gasteiger partial charge in [0.15, 0.2) is 0 Å². The number of benzene rings is 6. The minimum absolute atomic E-state index is 0.0780. The lowest BCUT2D eigenvalue weighted by atomic mass is 9.92. The summed E-state index contributed by atoms with van der Waals surface area (Å²) in [5, 5.41) is 15.3. The summed E-state index contributed by atoms with van der Waals surface area (Å²) in [6, 6.07) is 42.0. The minimum Gasteiger partial charge on any atom is -0.456 e. The van der Waals surface area contributed by atoms with Crippen molar-refractivity contribution in [3.05, 3.63) is 173 Å². The van der Waals surface area contributed by atoms with E-state index in [9.17, 15) is 0 Å². The molecule has 0 radical (unpaired) electrons. The van der Waals surface area contributed by atoms with Crippen molar-refractivity contribution in [2.24, 2.45) is 0 Å². The molecule has 2 atom stereocenters. The van der Waals surface area contributed by atoms with E-state index in [2.05, 4.69) is 155 Å². The number of hydrogen-bond donors (Lipinski definition) is 2. The lowest BCUT2D eigenvalue weighted by Gasteiger charge is -2.36. The third kappa shape index (κ3) is 4.09. The molecule has 1 aliphatic heterocycles. The number of allylic oxidation sites excluding steroid dienone is 3. The van der Waals surface area contributed by atoms with Gasteiger partial charge in [-0.25, -0.2) is 0 Å². The van der Waals surface area contributed by atoms with Gasteiger partial charge in [-0.3, -0.25) is 5.32 Å². The van der Waals surface area contributed by atoms with Crippen LogP contribution >= 0.6 is 0 Å². The summed E-state index contributed by atoms with van der Waals surface area (Å²) in [7, 11) is 0. The fourth-order valence-electron chi connectivity index (χ4n) is 8.59. The number of furan rings is 1. The molecule has 0 fully saturated rings. The van der Waals surface area contributed by atoms with Crippen molar-refractivity contribution in [2.45, 2.75) is 25.0 Å². The van der Waals surface area contributed by atoms with Gasteiger partial charge in [0.1, 0.15) is 17.3 Å². The molecule has 0 saturated heterocycles. The van der Waals surface area contributed by atoms with E-state index in [1.54, 1.807) is 0 Å². The predicted octanol–water partition coefficient (Wildman–Crippen LogP) is 10.9. The fraction of sp³-hybridized carbons (Fsp3) is 0.0870. The fourth-order valence-corrected chi connectivity index (χ4v) is 8.59. The van der Waals surface area contributed by atoms with Crippen LogP contribution in [0.4, 0.5) is 0 Å². The molecule has 3 aliphatic rings. The Balaban J connectivity index is 1.06. The Morgan fingerprint density at radius 3 is 2.52 bits per heavy atom. The molecule has 2 N–H and O–H groups in total. The number of hydrogen-bond acceptors (Lipinski definition) is 3. The summed E-state index contributed by atoms with van der Waals surface area (Å²) in [6.07, 6.45) is 15.5. The Hall–Kier alpha value is -6.10. The topological polar surface area (TPSA) is 42.1 Å². The Bertz CT molecular complexity index is 2840. The van der Waals surface area contributed by atoms with Gasteiger partial charge in [0.2, 0.25) is 0 Å². The summed E-state index contributed by atoms with van der Waals surface area (Å²) in [5.41, 5.74) is 12.9. The van der Waals surface area contributed by atoms with E-state index in [1.807, 2.05) is 12.1 Å². The second kappa shape index (κ2) is 10.7. The van der Waals surface area contributed by atoms with Gasteiger partial charge in [0, 0.05) is 38.5 Å². The van der Waals surface area contributed by atoms with Crippen molar-refractivity contribution in [1.82, 2.24) is 15.2 Å². The highest BCUT2D eigenvalue weighted by atomic mass is 16.3. The van der Waals surface area contributed by atoms with Crippen LogP contribution in [0.2, 0.25) is 0 Å². The van der Waals surface area contributed by atoms with Gasteiger partial charge in [0.05, 0.1) is 17.1 Å². The molecule has 0 amide bonds. The second-order valence-electron chi connectivity index (χ2n) is 13.7. The van der Waals surface area contributed by atoms with Gasteiger partial charge in [-0.1, -0.05) is 109 Å². The number of aromatic nitrogens is 1. The molecule has 4 nitrogen and oxygen atoms in total. The highest BCUT2D eigenvalue weighted by Crippen LogP contribution is 2.42. The van der Waals surface area contributed by atoms with E-state index >= 15 is 0 Å². The first-order valence-corrected chi connectivity index (χ1v) is 17.6. The molecule has 0 bridgehead atoms. The zero-order valence-electron chi connectivity index (χ0n) is 27.4. The molecule has 2 aromatic heterocycles. The summed E-state index contributed by atoms with van der Waals surface area (Å²) >= 11 is 0. The Labute approximate surface area is 289 Å². The molecule has 8 aromatic rings. The van der Waals surface area contributed by atoms with Crippen molar-refractivity contribution >= 4 is 66.3 Å². The van der Waals surface area contributed by atoms with Crippen LogP contribution < -0.4 is 10.6 Å². The highest BCUT2D eigenvalue weighted by molar-refractivity contribution is 6.23. The molecule has 2 aliphatic carbocycles. The van der Waals surface area contributed by atoms with Crippen LogP contribution in [-0.4, -0.2) is 10.6 Å². The number of para-hydroxylation sites is 1. The summed E-state index contributed by atoms with van der Waals surface area (Å²) in [6.45, 7) is 0. The van der Waals surface area contributed by atoms with E-state index in [4.69, 9.17) is 4.42 Å². The molecule has 0 saturated carbocycles. The van der Waals surface area contributed by atoms with E-state index in [0.717, 1.165) is 51.7 Å². The molecule has 4 heteroatoms. The lowest BCUT2D eigenvalue weighted by molar-refractivity contribution is 0.460. The molecule has 6 aromatic carbocycles. The quantitative estimate of drug-likeness (QED) is 0.201. The zero-order valence-corrected chi connectivity index (χ0v) is 27.4. The van der Waals surface area contributed by atoms with E-state index < -0.39 is 0 Å². The van der Waals surface area contributed by atoms with E-state index in [0.29, 0.717) is 0 Å². The van der Waals surface area contributed by atoms with Crippen LogP contribution in [0.5, 0.6) is 0 Å². The second-order valence-corrected chi connectivity index (χ2v) is 13.7. The maximum absolute atomic E-state index is 6.32. The summed E-state index contributed by atoms with van der Waals surface area (Å²) < 4.78 is 8.78. The van der Waals surface area contributed by atoms with Crippen molar-refractivity contribution in [1.29, 1.82) is 0 Å². The SMILES string of the molecule is C1=CC2=C(c3ccc4c(c3)oc3ccccc34)NC(c3cccc(-n4c5ccc6c(c5c5c7ccccc7ccc54)C=CCC6)c3)NC2C=C1. The van der Waals surface area contributed by atoms with Gasteiger partial charge in [-0.05, 0) is 88.3 Å². The Morgan fingerprint density at radius 2 is 1.54 bits per heavy atom.